The van der Waals surface area contributed by atoms with Crippen LogP contribution in [0.25, 0.3) is 0 Å². The van der Waals surface area contributed by atoms with Crippen LogP contribution >= 0.6 is 12.4 Å². The molecule has 2 rings (SSSR count). The Balaban J connectivity index is 0.00000128. The molecule has 90 valence electrons. The average Bonchev–Trinajstić information content (AvgIpc) is 2.60. The average molecular weight is 244 g/mol. The maximum atomic E-state index is 11.7. The Bertz CT molecular complexity index is 375. The summed E-state index contributed by atoms with van der Waals surface area (Å²) in [5, 5.41) is 2.89. The molecule has 0 bridgehead atoms. The van der Waals surface area contributed by atoms with Gasteiger partial charge < -0.3 is 9.88 Å². The smallest absolute Gasteiger partial charge is 0.223 e. The van der Waals surface area contributed by atoms with Crippen molar-refractivity contribution in [3.05, 3.63) is 17.7 Å². The van der Waals surface area contributed by atoms with Crippen molar-refractivity contribution in [2.75, 3.05) is 6.54 Å². The van der Waals surface area contributed by atoms with Crippen molar-refractivity contribution in [3.63, 3.8) is 0 Å². The molecular formula is C11H18ClN3O. The molecule has 1 aliphatic rings. The molecule has 0 fully saturated rings. The molecule has 1 aromatic rings. The predicted molar refractivity (Wildman–Crippen MR) is 64.7 cm³/mol. The van der Waals surface area contributed by atoms with Crippen LogP contribution in [0.2, 0.25) is 0 Å². The molecule has 1 unspecified atom stereocenters. The van der Waals surface area contributed by atoms with E-state index < -0.39 is 0 Å². The van der Waals surface area contributed by atoms with E-state index in [9.17, 15) is 4.79 Å². The summed E-state index contributed by atoms with van der Waals surface area (Å²) in [6.07, 6.45) is 4.52. The number of aryl methyl sites for hydroxylation is 2. The third kappa shape index (κ3) is 2.38. The molecule has 16 heavy (non-hydrogen) atoms. The van der Waals surface area contributed by atoms with Crippen LogP contribution in [0.5, 0.6) is 0 Å². The molecule has 0 spiro atoms. The predicted octanol–water partition coefficient (Wildman–Crippen LogP) is 1.08. The highest BCUT2D eigenvalue weighted by Crippen LogP contribution is 2.24. The minimum atomic E-state index is 0. The van der Waals surface area contributed by atoms with Gasteiger partial charge in [-0.05, 0) is 19.8 Å². The van der Waals surface area contributed by atoms with Crippen molar-refractivity contribution in [2.45, 2.75) is 26.2 Å². The van der Waals surface area contributed by atoms with E-state index in [0.29, 0.717) is 6.54 Å². The Labute approximate surface area is 102 Å². The van der Waals surface area contributed by atoms with E-state index in [1.54, 1.807) is 0 Å². The normalized spacial score (nSPS) is 18.5. The number of carbonyl (C=O) groups excluding carboxylic acids is 1. The van der Waals surface area contributed by atoms with Gasteiger partial charge in [0.1, 0.15) is 0 Å². The summed E-state index contributed by atoms with van der Waals surface area (Å²) in [4.78, 5) is 16.0. The standard InChI is InChI=1S/C11H17N3O.ClH/c1-3-12-11(15)8-4-5-9-10(6-8)14(2)7-13-9;/h7-8H,3-6H2,1-2H3,(H,12,15);1H. The molecular weight excluding hydrogens is 226 g/mol. The first-order valence-corrected chi connectivity index (χ1v) is 5.49. The van der Waals surface area contributed by atoms with Crippen molar-refractivity contribution >= 4 is 18.3 Å². The largest absolute Gasteiger partial charge is 0.356 e. The maximum absolute atomic E-state index is 11.7. The number of nitrogens with one attached hydrogen (secondary N) is 1. The summed E-state index contributed by atoms with van der Waals surface area (Å²) >= 11 is 0. The highest BCUT2D eigenvalue weighted by atomic mass is 35.5. The van der Waals surface area contributed by atoms with Gasteiger partial charge in [0.05, 0.1) is 12.0 Å². The number of imidazole rings is 1. The molecule has 1 atom stereocenters. The summed E-state index contributed by atoms with van der Waals surface area (Å²) in [5.74, 6) is 0.317. The van der Waals surface area contributed by atoms with Crippen LogP contribution in [-0.2, 0) is 24.7 Å². The van der Waals surface area contributed by atoms with Crippen LogP contribution in [0.3, 0.4) is 0 Å². The summed E-state index contributed by atoms with van der Waals surface area (Å²) in [5.41, 5.74) is 2.38. The fraction of sp³-hybridized carbons (Fsp3) is 0.636. The highest BCUT2D eigenvalue weighted by Gasteiger charge is 2.26. The first kappa shape index (κ1) is 13.0. The molecule has 5 heteroatoms. The quantitative estimate of drug-likeness (QED) is 0.845. The van der Waals surface area contributed by atoms with Crippen LogP contribution < -0.4 is 5.32 Å². The molecule has 0 radical (unpaired) electrons. The van der Waals surface area contributed by atoms with E-state index in [2.05, 4.69) is 10.3 Å². The lowest BCUT2D eigenvalue weighted by Crippen LogP contribution is -2.34. The third-order valence-electron chi connectivity index (χ3n) is 3.04. The minimum Gasteiger partial charge on any atom is -0.356 e. The number of nitrogens with zero attached hydrogens (tertiary/aromatic N) is 2. The number of hydrogen-bond acceptors (Lipinski definition) is 2. The Hall–Kier alpha value is -1.03. The minimum absolute atomic E-state index is 0. The molecule has 1 N–H and O–H groups in total. The summed E-state index contributed by atoms with van der Waals surface area (Å²) in [7, 11) is 1.99. The summed E-state index contributed by atoms with van der Waals surface area (Å²) < 4.78 is 2.03. The van der Waals surface area contributed by atoms with Crippen LogP contribution in [0.1, 0.15) is 24.7 Å². The van der Waals surface area contributed by atoms with Gasteiger partial charge in [0, 0.05) is 31.6 Å². The maximum Gasteiger partial charge on any atom is 0.223 e. The van der Waals surface area contributed by atoms with Gasteiger partial charge in [0.25, 0.3) is 0 Å². The van der Waals surface area contributed by atoms with Gasteiger partial charge in [-0.1, -0.05) is 0 Å². The first-order valence-electron chi connectivity index (χ1n) is 5.49. The molecule has 0 saturated carbocycles. The SMILES string of the molecule is CCNC(=O)C1CCc2ncn(C)c2C1.Cl. The van der Waals surface area contributed by atoms with Crippen molar-refractivity contribution < 1.29 is 4.79 Å². The summed E-state index contributed by atoms with van der Waals surface area (Å²) in [6.45, 7) is 2.67. The zero-order valence-electron chi connectivity index (χ0n) is 9.69. The Morgan fingerprint density at radius 2 is 2.44 bits per heavy atom. The van der Waals surface area contributed by atoms with Crippen LogP contribution in [0, 0.1) is 5.92 Å². The molecule has 1 amide bonds. The van der Waals surface area contributed by atoms with Crippen molar-refractivity contribution in [2.24, 2.45) is 13.0 Å². The lowest BCUT2D eigenvalue weighted by molar-refractivity contribution is -0.125. The van der Waals surface area contributed by atoms with Gasteiger partial charge in [-0.3, -0.25) is 4.79 Å². The van der Waals surface area contributed by atoms with Crippen LogP contribution in [-0.4, -0.2) is 22.0 Å². The molecule has 4 nitrogen and oxygen atoms in total. The first-order chi connectivity index (χ1) is 7.22. The third-order valence-corrected chi connectivity index (χ3v) is 3.04. The molecule has 0 saturated heterocycles. The van der Waals surface area contributed by atoms with Crippen molar-refractivity contribution in [1.29, 1.82) is 0 Å². The lowest BCUT2D eigenvalue weighted by Gasteiger charge is -2.21. The molecule has 0 aliphatic heterocycles. The monoisotopic (exact) mass is 243 g/mol. The van der Waals surface area contributed by atoms with Gasteiger partial charge in [0.15, 0.2) is 0 Å². The highest BCUT2D eigenvalue weighted by molar-refractivity contribution is 5.85. The molecule has 1 aliphatic carbocycles. The topological polar surface area (TPSA) is 46.9 Å². The number of carbonyl (C=O) groups is 1. The number of fused-ring (bicyclic) bond motifs is 1. The van der Waals surface area contributed by atoms with E-state index in [1.165, 1.54) is 5.69 Å². The van der Waals surface area contributed by atoms with Gasteiger partial charge >= 0.3 is 0 Å². The van der Waals surface area contributed by atoms with Crippen LogP contribution in [0.4, 0.5) is 0 Å². The van der Waals surface area contributed by atoms with E-state index in [-0.39, 0.29) is 24.2 Å². The molecule has 1 aromatic heterocycles. The van der Waals surface area contributed by atoms with Gasteiger partial charge in [0.2, 0.25) is 5.91 Å². The zero-order chi connectivity index (χ0) is 10.8. The van der Waals surface area contributed by atoms with E-state index in [4.69, 9.17) is 0 Å². The fourth-order valence-electron chi connectivity index (χ4n) is 2.16. The zero-order valence-corrected chi connectivity index (χ0v) is 10.5. The Morgan fingerprint density at radius 1 is 1.69 bits per heavy atom. The van der Waals surface area contributed by atoms with E-state index >= 15 is 0 Å². The van der Waals surface area contributed by atoms with E-state index in [0.717, 1.165) is 25.0 Å². The fourth-order valence-corrected chi connectivity index (χ4v) is 2.16. The Kier molecular flexibility index (Phi) is 4.35. The number of halogens is 1. The number of amides is 1. The second-order valence-corrected chi connectivity index (χ2v) is 4.08. The second-order valence-electron chi connectivity index (χ2n) is 4.08. The van der Waals surface area contributed by atoms with Crippen molar-refractivity contribution in [3.8, 4) is 0 Å². The Morgan fingerprint density at radius 3 is 3.12 bits per heavy atom. The number of rotatable bonds is 2. The molecule has 0 aromatic carbocycles. The number of aromatic nitrogens is 2. The van der Waals surface area contributed by atoms with Gasteiger partial charge in [-0.25, -0.2) is 4.98 Å². The molecule has 1 heterocycles. The second kappa shape index (κ2) is 5.34. The summed E-state index contributed by atoms with van der Waals surface area (Å²) in [6, 6.07) is 0. The van der Waals surface area contributed by atoms with Gasteiger partial charge in [-0.2, -0.15) is 0 Å². The van der Waals surface area contributed by atoms with Crippen LogP contribution in [0.15, 0.2) is 6.33 Å². The lowest BCUT2D eigenvalue weighted by atomic mass is 9.89. The number of hydrogen-bond donors (Lipinski definition) is 1. The van der Waals surface area contributed by atoms with E-state index in [1.807, 2.05) is 24.9 Å². The van der Waals surface area contributed by atoms with Crippen molar-refractivity contribution in [1.82, 2.24) is 14.9 Å². The van der Waals surface area contributed by atoms with Gasteiger partial charge in [-0.15, -0.1) is 12.4 Å².